The second-order valence-corrected chi connectivity index (χ2v) is 33.7. The van der Waals surface area contributed by atoms with Crippen molar-refractivity contribution >= 4 is 39.5 Å². The average molecular weight is 1490 g/mol. The molecule has 0 bridgehead atoms. The first kappa shape index (κ1) is 100. The molecule has 0 aromatic heterocycles. The largest absolute Gasteiger partial charge is 0.472 e. The second kappa shape index (κ2) is 74.5. The maximum Gasteiger partial charge on any atom is 0.472 e. The first-order chi connectivity index (χ1) is 49.4. The summed E-state index contributed by atoms with van der Waals surface area (Å²) in [5.41, 5.74) is 0. The van der Waals surface area contributed by atoms with Gasteiger partial charge < -0.3 is 33.8 Å². The van der Waals surface area contributed by atoms with Crippen molar-refractivity contribution in [3.05, 3.63) is 0 Å². The molecule has 5 atom stereocenters. The summed E-state index contributed by atoms with van der Waals surface area (Å²) in [6, 6.07) is 0. The van der Waals surface area contributed by atoms with E-state index in [1.807, 2.05) is 0 Å². The van der Waals surface area contributed by atoms with Crippen LogP contribution in [0, 0.1) is 11.8 Å². The van der Waals surface area contributed by atoms with Gasteiger partial charge in [0.05, 0.1) is 26.4 Å². The molecule has 0 heterocycles. The summed E-state index contributed by atoms with van der Waals surface area (Å²) >= 11 is 0. The van der Waals surface area contributed by atoms with Crippen LogP contribution in [0.4, 0.5) is 0 Å². The smallest absolute Gasteiger partial charge is 0.462 e. The van der Waals surface area contributed by atoms with E-state index in [-0.39, 0.29) is 25.7 Å². The third-order valence-corrected chi connectivity index (χ3v) is 21.4. The molecule has 17 nitrogen and oxygen atoms in total. The SMILES string of the molecule is CCCCCCCCCCCCCCCCC(=O)O[C@H](COC(=O)CCCCCCCCCCCCC)COP(=O)(O)OC[C@H](O)COP(=O)(O)OC[C@@H](COC(=O)CCCCCCCCCCCCCCCC(C)C)OC(=O)CCCCCCCCCCCCCCCCCCCCC(C)C. The maximum absolute atomic E-state index is 13.1. The number of phosphoric ester groups is 2. The number of unbranched alkanes of at least 4 members (excludes halogenated alkanes) is 52. The normalized spacial score (nSPS) is 13.9. The zero-order valence-corrected chi connectivity index (χ0v) is 68.7. The van der Waals surface area contributed by atoms with Gasteiger partial charge in [-0.15, -0.1) is 0 Å². The highest BCUT2D eigenvalue weighted by Crippen LogP contribution is 2.45. The van der Waals surface area contributed by atoms with Gasteiger partial charge in [0.2, 0.25) is 0 Å². The minimum absolute atomic E-state index is 0.108. The van der Waals surface area contributed by atoms with Crippen molar-refractivity contribution in [3.8, 4) is 0 Å². The molecule has 0 aromatic carbocycles. The Kier molecular flexibility index (Phi) is 73.1. The average Bonchev–Trinajstić information content (AvgIpc) is 0.923. The molecule has 0 amide bonds. The van der Waals surface area contributed by atoms with E-state index in [1.54, 1.807) is 0 Å². The van der Waals surface area contributed by atoms with Gasteiger partial charge in [0.15, 0.2) is 12.2 Å². The van der Waals surface area contributed by atoms with E-state index >= 15 is 0 Å². The zero-order chi connectivity index (χ0) is 74.9. The lowest BCUT2D eigenvalue weighted by molar-refractivity contribution is -0.161. The predicted molar refractivity (Wildman–Crippen MR) is 418 cm³/mol. The molecule has 0 fully saturated rings. The number of ether oxygens (including phenoxy) is 4. The molecule has 0 aliphatic carbocycles. The summed E-state index contributed by atoms with van der Waals surface area (Å²) in [6.45, 7) is 9.71. The molecule has 3 N–H and O–H groups in total. The van der Waals surface area contributed by atoms with Crippen LogP contribution in [0.2, 0.25) is 0 Å². The lowest BCUT2D eigenvalue weighted by Gasteiger charge is -2.21. The summed E-state index contributed by atoms with van der Waals surface area (Å²) in [6.07, 6.45) is 65.1. The summed E-state index contributed by atoms with van der Waals surface area (Å²) in [7, 11) is -9.92. The molecule has 0 saturated carbocycles. The highest BCUT2D eigenvalue weighted by atomic mass is 31.2. The number of esters is 4. The Morgan fingerprint density at radius 1 is 0.265 bits per heavy atom. The number of aliphatic hydroxyl groups is 1. The Hall–Kier alpha value is -1.94. The Morgan fingerprint density at radius 3 is 0.667 bits per heavy atom. The minimum Gasteiger partial charge on any atom is -0.462 e. The zero-order valence-electron chi connectivity index (χ0n) is 66.9. The first-order valence-corrected chi connectivity index (χ1v) is 46.0. The Labute approximate surface area is 626 Å². The Bertz CT molecular complexity index is 1960. The van der Waals surface area contributed by atoms with Crippen LogP contribution in [0.3, 0.4) is 0 Å². The fourth-order valence-electron chi connectivity index (χ4n) is 12.9. The lowest BCUT2D eigenvalue weighted by Crippen LogP contribution is -2.30. The van der Waals surface area contributed by atoms with E-state index in [9.17, 15) is 43.2 Å². The van der Waals surface area contributed by atoms with Crippen molar-refractivity contribution in [2.45, 2.75) is 458 Å². The molecule has 0 spiro atoms. The van der Waals surface area contributed by atoms with Gasteiger partial charge in [-0.3, -0.25) is 37.3 Å². The first-order valence-electron chi connectivity index (χ1n) is 43.0. The molecular weight excluding hydrogens is 1330 g/mol. The monoisotopic (exact) mass is 1490 g/mol. The van der Waals surface area contributed by atoms with Crippen LogP contribution in [0.5, 0.6) is 0 Å². The Balaban J connectivity index is 5.23. The number of carbonyl (C=O) groups is 4. The van der Waals surface area contributed by atoms with Crippen molar-refractivity contribution < 1.29 is 80.2 Å². The summed E-state index contributed by atoms with van der Waals surface area (Å²) in [5, 5.41) is 10.7. The van der Waals surface area contributed by atoms with Gasteiger partial charge in [-0.2, -0.15) is 0 Å². The van der Waals surface area contributed by atoms with Crippen LogP contribution < -0.4 is 0 Å². The van der Waals surface area contributed by atoms with Gasteiger partial charge in [-0.05, 0) is 37.5 Å². The topological polar surface area (TPSA) is 237 Å². The number of carbonyl (C=O) groups excluding carboxylic acids is 4. The van der Waals surface area contributed by atoms with Crippen molar-refractivity contribution in [2.75, 3.05) is 39.6 Å². The molecule has 0 rings (SSSR count). The van der Waals surface area contributed by atoms with Crippen LogP contribution in [0.25, 0.3) is 0 Å². The van der Waals surface area contributed by atoms with Crippen molar-refractivity contribution in [1.29, 1.82) is 0 Å². The van der Waals surface area contributed by atoms with E-state index in [2.05, 4.69) is 41.5 Å². The number of hydrogen-bond acceptors (Lipinski definition) is 15. The highest BCUT2D eigenvalue weighted by molar-refractivity contribution is 7.47. The van der Waals surface area contributed by atoms with Crippen LogP contribution in [-0.4, -0.2) is 96.7 Å². The Morgan fingerprint density at radius 2 is 0.451 bits per heavy atom. The van der Waals surface area contributed by atoms with E-state index in [4.69, 9.17) is 37.0 Å². The predicted octanol–water partition coefficient (Wildman–Crippen LogP) is 25.1. The number of hydrogen-bond donors (Lipinski definition) is 3. The van der Waals surface area contributed by atoms with E-state index in [0.717, 1.165) is 102 Å². The summed E-state index contributed by atoms with van der Waals surface area (Å²) < 4.78 is 68.8. The lowest BCUT2D eigenvalue weighted by atomic mass is 10.0. The maximum atomic E-state index is 13.1. The molecule has 0 aliphatic heterocycles. The minimum atomic E-state index is -4.96. The van der Waals surface area contributed by atoms with Gasteiger partial charge in [-0.25, -0.2) is 9.13 Å². The van der Waals surface area contributed by atoms with Gasteiger partial charge in [0.1, 0.15) is 19.3 Å². The summed E-state index contributed by atoms with van der Waals surface area (Å²) in [5.74, 6) is -0.492. The fourth-order valence-corrected chi connectivity index (χ4v) is 14.5. The van der Waals surface area contributed by atoms with Crippen molar-refractivity contribution in [1.82, 2.24) is 0 Å². The fraction of sp³-hybridized carbons (Fsp3) is 0.952. The highest BCUT2D eigenvalue weighted by Gasteiger charge is 2.30. The summed E-state index contributed by atoms with van der Waals surface area (Å²) in [4.78, 5) is 73.1. The molecule has 2 unspecified atom stereocenters. The number of rotatable bonds is 82. The van der Waals surface area contributed by atoms with Crippen molar-refractivity contribution in [3.63, 3.8) is 0 Å². The van der Waals surface area contributed by atoms with Crippen LogP contribution in [-0.2, 0) is 65.4 Å². The van der Waals surface area contributed by atoms with Crippen LogP contribution in [0.15, 0.2) is 0 Å². The molecular formula is C83H162O17P2. The number of phosphoric acid groups is 2. The van der Waals surface area contributed by atoms with Crippen LogP contribution >= 0.6 is 15.6 Å². The quantitative estimate of drug-likeness (QED) is 0.0222. The molecule has 19 heteroatoms. The molecule has 0 radical (unpaired) electrons. The molecule has 102 heavy (non-hydrogen) atoms. The standard InChI is InChI=1S/C83H162O17P2/c1-7-9-11-13-15-17-19-20-30-37-43-49-55-61-67-82(87)99-78(71-93-80(85)65-59-53-47-41-33-18-16-14-12-10-8-2)73-97-101(89,90)95-69-77(84)70-96-102(91,92)98-74-79(72-94-81(86)66-60-54-48-42-36-32-27-29-35-40-46-52-58-64-76(5)6)100-83(88)68-62-56-50-44-38-31-26-24-22-21-23-25-28-34-39-45-51-57-63-75(3)4/h75-79,84H,7-74H2,1-6H3,(H,89,90)(H,91,92)/t77-,78+,79+/m0/s1. The van der Waals surface area contributed by atoms with Gasteiger partial charge in [0, 0.05) is 25.7 Å². The van der Waals surface area contributed by atoms with Gasteiger partial charge in [-0.1, -0.05) is 388 Å². The molecule has 0 saturated heterocycles. The van der Waals surface area contributed by atoms with Gasteiger partial charge >= 0.3 is 39.5 Å². The molecule has 0 aromatic rings. The third-order valence-electron chi connectivity index (χ3n) is 19.5. The van der Waals surface area contributed by atoms with E-state index in [1.165, 1.54) is 257 Å². The van der Waals surface area contributed by atoms with Crippen molar-refractivity contribution in [2.24, 2.45) is 11.8 Å². The van der Waals surface area contributed by atoms with E-state index < -0.39 is 97.5 Å². The van der Waals surface area contributed by atoms with Gasteiger partial charge in [0.25, 0.3) is 0 Å². The molecule has 0 aliphatic rings. The molecule has 606 valence electrons. The van der Waals surface area contributed by atoms with E-state index in [0.29, 0.717) is 25.7 Å². The second-order valence-electron chi connectivity index (χ2n) is 30.8. The van der Waals surface area contributed by atoms with Crippen LogP contribution in [0.1, 0.15) is 440 Å². The third kappa shape index (κ3) is 76.3. The number of aliphatic hydroxyl groups excluding tert-OH is 1.